The first-order chi connectivity index (χ1) is 8.79. The van der Waals surface area contributed by atoms with Gasteiger partial charge in [-0.2, -0.15) is 0 Å². The van der Waals surface area contributed by atoms with Crippen LogP contribution in [0.15, 0.2) is 33.0 Å². The van der Waals surface area contributed by atoms with E-state index in [1.54, 1.807) is 17.5 Å². The lowest BCUT2D eigenvalue weighted by Crippen LogP contribution is -1.89. The fourth-order valence-electron chi connectivity index (χ4n) is 1.67. The van der Waals surface area contributed by atoms with Gasteiger partial charge in [-0.1, -0.05) is 5.16 Å². The fraction of sp³-hybridized carbons (Fsp3) is 0.250. The molecular weight excluding hydrogens is 250 g/mol. The molecule has 0 bridgehead atoms. The smallest absolute Gasteiger partial charge is 0.180 e. The van der Waals surface area contributed by atoms with Crippen molar-refractivity contribution < 1.29 is 8.94 Å². The van der Waals surface area contributed by atoms with E-state index in [9.17, 15) is 0 Å². The molecule has 0 aliphatic rings. The van der Waals surface area contributed by atoms with Crippen molar-refractivity contribution in [2.24, 2.45) is 0 Å². The molecule has 0 N–H and O–H groups in total. The second kappa shape index (κ2) is 4.73. The first-order valence-electron chi connectivity index (χ1n) is 5.52. The molecule has 5 nitrogen and oxygen atoms in total. The molecule has 0 aliphatic carbocycles. The zero-order valence-electron chi connectivity index (χ0n) is 9.79. The molecule has 0 unspecified atom stereocenters. The molecule has 0 saturated carbocycles. The van der Waals surface area contributed by atoms with E-state index in [0.29, 0.717) is 12.8 Å². The van der Waals surface area contributed by atoms with Gasteiger partial charge < -0.3 is 8.94 Å². The zero-order chi connectivity index (χ0) is 12.4. The van der Waals surface area contributed by atoms with Crippen LogP contribution in [0.25, 0.3) is 0 Å². The Kier molecular flexibility index (Phi) is 2.93. The van der Waals surface area contributed by atoms with E-state index in [-0.39, 0.29) is 0 Å². The molecule has 0 aliphatic heterocycles. The van der Waals surface area contributed by atoms with Gasteiger partial charge in [-0.3, -0.25) is 0 Å². The molecule has 0 fully saturated rings. The summed E-state index contributed by atoms with van der Waals surface area (Å²) in [7, 11) is 0. The minimum absolute atomic E-state index is 0.674. The van der Waals surface area contributed by atoms with E-state index >= 15 is 0 Å². The first kappa shape index (κ1) is 11.2. The second-order valence-corrected chi connectivity index (χ2v) is 4.93. The summed E-state index contributed by atoms with van der Waals surface area (Å²) in [6.07, 6.45) is 4.50. The van der Waals surface area contributed by atoms with E-state index in [2.05, 4.69) is 15.1 Å². The summed E-state index contributed by atoms with van der Waals surface area (Å²) in [5, 5.41) is 6.90. The predicted molar refractivity (Wildman–Crippen MR) is 65.5 cm³/mol. The Morgan fingerprint density at radius 2 is 2.22 bits per heavy atom. The standard InChI is InChI=1S/C12H11N3O2S/c1-8-2-10(17-15-8)3-9-6-18-12(14-9)4-11-5-13-7-16-11/h2,5-7H,3-4H2,1H3. The van der Waals surface area contributed by atoms with E-state index in [0.717, 1.165) is 27.9 Å². The van der Waals surface area contributed by atoms with Gasteiger partial charge in [-0.05, 0) is 6.92 Å². The van der Waals surface area contributed by atoms with Gasteiger partial charge in [0.15, 0.2) is 6.39 Å². The third kappa shape index (κ3) is 2.48. The highest BCUT2D eigenvalue weighted by atomic mass is 32.1. The Morgan fingerprint density at radius 1 is 1.28 bits per heavy atom. The van der Waals surface area contributed by atoms with Crippen LogP contribution in [0.5, 0.6) is 0 Å². The lowest BCUT2D eigenvalue weighted by atomic mass is 10.2. The van der Waals surface area contributed by atoms with E-state index in [1.165, 1.54) is 6.39 Å². The van der Waals surface area contributed by atoms with Gasteiger partial charge in [0.25, 0.3) is 0 Å². The Bertz CT molecular complexity index is 627. The molecular formula is C12H11N3O2S. The Balaban J connectivity index is 1.69. The zero-order valence-corrected chi connectivity index (χ0v) is 10.6. The van der Waals surface area contributed by atoms with Crippen LogP contribution in [0.1, 0.15) is 27.9 Å². The van der Waals surface area contributed by atoms with Crippen molar-refractivity contribution >= 4 is 11.3 Å². The maximum atomic E-state index is 5.20. The normalized spacial score (nSPS) is 10.9. The topological polar surface area (TPSA) is 65.0 Å². The van der Waals surface area contributed by atoms with Gasteiger partial charge >= 0.3 is 0 Å². The number of hydrogen-bond donors (Lipinski definition) is 0. The van der Waals surface area contributed by atoms with Crippen molar-refractivity contribution in [3.63, 3.8) is 0 Å². The molecule has 18 heavy (non-hydrogen) atoms. The summed E-state index contributed by atoms with van der Waals surface area (Å²) in [6.45, 7) is 1.91. The molecule has 3 aromatic heterocycles. The molecule has 0 aromatic carbocycles. The molecule has 3 heterocycles. The average Bonchev–Trinajstić information content (AvgIpc) is 3.04. The largest absolute Gasteiger partial charge is 0.448 e. The number of rotatable bonds is 4. The van der Waals surface area contributed by atoms with Gasteiger partial charge in [0, 0.05) is 11.4 Å². The van der Waals surface area contributed by atoms with Crippen LogP contribution in [0.4, 0.5) is 0 Å². The van der Waals surface area contributed by atoms with Gasteiger partial charge in [0.2, 0.25) is 0 Å². The van der Waals surface area contributed by atoms with Crippen molar-refractivity contribution in [1.82, 2.24) is 15.1 Å². The van der Waals surface area contributed by atoms with Crippen molar-refractivity contribution in [3.05, 3.63) is 52.0 Å². The van der Waals surface area contributed by atoms with Crippen molar-refractivity contribution in [2.45, 2.75) is 19.8 Å². The van der Waals surface area contributed by atoms with Crippen LogP contribution in [-0.2, 0) is 12.8 Å². The van der Waals surface area contributed by atoms with E-state index < -0.39 is 0 Å². The highest BCUT2D eigenvalue weighted by molar-refractivity contribution is 7.09. The van der Waals surface area contributed by atoms with Gasteiger partial charge in [0.05, 0.1) is 30.4 Å². The molecule has 92 valence electrons. The lowest BCUT2D eigenvalue weighted by molar-refractivity contribution is 0.385. The van der Waals surface area contributed by atoms with Crippen LogP contribution in [0, 0.1) is 6.92 Å². The van der Waals surface area contributed by atoms with E-state index in [1.807, 2.05) is 18.4 Å². The lowest BCUT2D eigenvalue weighted by Gasteiger charge is -1.91. The van der Waals surface area contributed by atoms with Gasteiger partial charge in [-0.25, -0.2) is 9.97 Å². The van der Waals surface area contributed by atoms with Gasteiger partial charge in [0.1, 0.15) is 16.5 Å². The molecule has 0 atom stereocenters. The Morgan fingerprint density at radius 3 is 2.94 bits per heavy atom. The summed E-state index contributed by atoms with van der Waals surface area (Å²) in [6, 6.07) is 1.93. The SMILES string of the molecule is Cc1cc(Cc2csc(Cc3cnco3)n2)on1. The fourth-order valence-corrected chi connectivity index (χ4v) is 2.47. The summed E-state index contributed by atoms with van der Waals surface area (Å²) >= 11 is 1.61. The van der Waals surface area contributed by atoms with Gasteiger partial charge in [-0.15, -0.1) is 11.3 Å². The third-order valence-corrected chi connectivity index (χ3v) is 3.34. The Hall–Kier alpha value is -1.95. The average molecular weight is 261 g/mol. The minimum atomic E-state index is 0.674. The van der Waals surface area contributed by atoms with E-state index in [4.69, 9.17) is 8.94 Å². The Labute approximate surface area is 107 Å². The first-order valence-corrected chi connectivity index (χ1v) is 6.40. The third-order valence-electron chi connectivity index (χ3n) is 2.44. The number of thiazole rings is 1. The highest BCUT2D eigenvalue weighted by Crippen LogP contribution is 2.17. The number of oxazole rings is 1. The quantitative estimate of drug-likeness (QED) is 0.722. The summed E-state index contributed by atoms with van der Waals surface area (Å²) in [4.78, 5) is 8.42. The maximum Gasteiger partial charge on any atom is 0.180 e. The van der Waals surface area contributed by atoms with Crippen LogP contribution < -0.4 is 0 Å². The summed E-state index contributed by atoms with van der Waals surface area (Å²) in [5.74, 6) is 1.66. The molecule has 0 amide bonds. The minimum Gasteiger partial charge on any atom is -0.448 e. The van der Waals surface area contributed by atoms with Crippen LogP contribution in [0.3, 0.4) is 0 Å². The molecule has 0 saturated heterocycles. The summed E-state index contributed by atoms with van der Waals surface area (Å²) < 4.78 is 10.4. The van der Waals surface area contributed by atoms with Crippen molar-refractivity contribution in [1.29, 1.82) is 0 Å². The number of aryl methyl sites for hydroxylation is 1. The molecule has 0 radical (unpaired) electrons. The molecule has 3 aromatic rings. The second-order valence-electron chi connectivity index (χ2n) is 3.99. The molecule has 6 heteroatoms. The van der Waals surface area contributed by atoms with Crippen molar-refractivity contribution in [2.75, 3.05) is 0 Å². The number of hydrogen-bond acceptors (Lipinski definition) is 6. The monoisotopic (exact) mass is 261 g/mol. The van der Waals surface area contributed by atoms with Crippen LogP contribution in [0.2, 0.25) is 0 Å². The highest BCUT2D eigenvalue weighted by Gasteiger charge is 2.08. The molecule has 3 rings (SSSR count). The summed E-state index contributed by atoms with van der Waals surface area (Å²) in [5.41, 5.74) is 1.88. The van der Waals surface area contributed by atoms with Crippen LogP contribution in [-0.4, -0.2) is 15.1 Å². The number of aromatic nitrogens is 3. The van der Waals surface area contributed by atoms with Crippen molar-refractivity contribution in [3.8, 4) is 0 Å². The van der Waals surface area contributed by atoms with Crippen LogP contribution >= 0.6 is 11.3 Å². The number of nitrogens with zero attached hydrogens (tertiary/aromatic N) is 3. The molecule has 0 spiro atoms. The maximum absolute atomic E-state index is 5.20. The predicted octanol–water partition coefficient (Wildman–Crippen LogP) is 2.61.